The zero-order valence-electron chi connectivity index (χ0n) is 14.8. The average Bonchev–Trinajstić information content (AvgIpc) is 2.49. The highest BCUT2D eigenvalue weighted by Crippen LogP contribution is 2.23. The number of carbonyl (C=O) groups excluding carboxylic acids is 1. The molecule has 1 aromatic rings. The van der Waals surface area contributed by atoms with Crippen LogP contribution in [-0.4, -0.2) is 38.0 Å². The summed E-state index contributed by atoms with van der Waals surface area (Å²) < 4.78 is 27.8. The molecule has 0 bridgehead atoms. The maximum atomic E-state index is 13.9. The first kappa shape index (κ1) is 26.3. The van der Waals surface area contributed by atoms with Gasteiger partial charge in [0.25, 0.3) is 0 Å². The molecule has 3 N–H and O–H groups in total. The van der Waals surface area contributed by atoms with Crippen molar-refractivity contribution < 1.29 is 13.6 Å². The molecule has 0 heterocycles. The summed E-state index contributed by atoms with van der Waals surface area (Å²) in [6.07, 6.45) is 4.17. The Bertz CT molecular complexity index is 485. The van der Waals surface area contributed by atoms with Crippen LogP contribution in [0.15, 0.2) is 18.2 Å². The molecule has 1 amide bonds. The standard InChI is InChI=1S/C17H27F2N3O.2ClH/c1-22(2)15(17-13(18)8-7-9-14(17)19)12-21-16(23)10-5-3-4-6-11-20;;/h7-9,15H,3-6,10-12,20H2,1-2H3,(H,21,23);2*1H. The van der Waals surface area contributed by atoms with Crippen LogP contribution in [0.5, 0.6) is 0 Å². The van der Waals surface area contributed by atoms with Crippen LogP contribution >= 0.6 is 24.8 Å². The highest BCUT2D eigenvalue weighted by atomic mass is 35.5. The molecule has 0 saturated heterocycles. The number of likely N-dealkylation sites (N-methyl/N-ethyl adjacent to an activating group) is 1. The van der Waals surface area contributed by atoms with Gasteiger partial charge in [-0.3, -0.25) is 4.79 Å². The third-order valence-electron chi connectivity index (χ3n) is 3.81. The van der Waals surface area contributed by atoms with Crippen molar-refractivity contribution in [1.82, 2.24) is 10.2 Å². The number of amides is 1. The van der Waals surface area contributed by atoms with Crippen LogP contribution in [0.1, 0.15) is 43.7 Å². The van der Waals surface area contributed by atoms with Gasteiger partial charge in [0.2, 0.25) is 5.91 Å². The number of halogens is 4. The van der Waals surface area contributed by atoms with Crippen molar-refractivity contribution in [3.63, 3.8) is 0 Å². The Morgan fingerprint density at radius 1 is 1.12 bits per heavy atom. The van der Waals surface area contributed by atoms with Crippen molar-refractivity contribution in [2.24, 2.45) is 5.73 Å². The minimum absolute atomic E-state index is 0. The number of hydrogen-bond donors (Lipinski definition) is 2. The summed E-state index contributed by atoms with van der Waals surface area (Å²) in [5, 5.41) is 2.77. The largest absolute Gasteiger partial charge is 0.354 e. The lowest BCUT2D eigenvalue weighted by Crippen LogP contribution is -2.35. The SMILES string of the molecule is CN(C)C(CNC(=O)CCCCCCN)c1c(F)cccc1F.Cl.Cl. The van der Waals surface area contributed by atoms with E-state index in [-0.39, 0.29) is 42.8 Å². The number of unbranched alkanes of at least 4 members (excludes halogenated alkanes) is 3. The van der Waals surface area contributed by atoms with Gasteiger partial charge in [-0.1, -0.05) is 18.9 Å². The van der Waals surface area contributed by atoms with Gasteiger partial charge in [-0.05, 0) is 45.6 Å². The van der Waals surface area contributed by atoms with E-state index in [1.807, 2.05) is 0 Å². The smallest absolute Gasteiger partial charge is 0.220 e. The summed E-state index contributed by atoms with van der Waals surface area (Å²) in [6.45, 7) is 0.845. The van der Waals surface area contributed by atoms with Crippen LogP contribution in [0.2, 0.25) is 0 Å². The van der Waals surface area contributed by atoms with Gasteiger partial charge in [0.1, 0.15) is 11.6 Å². The van der Waals surface area contributed by atoms with Crippen molar-refractivity contribution in [3.8, 4) is 0 Å². The molecule has 0 saturated carbocycles. The fraction of sp³-hybridized carbons (Fsp3) is 0.588. The maximum Gasteiger partial charge on any atom is 0.220 e. The zero-order valence-corrected chi connectivity index (χ0v) is 16.4. The molecule has 1 aromatic carbocycles. The summed E-state index contributed by atoms with van der Waals surface area (Å²) in [5.41, 5.74) is 5.40. The monoisotopic (exact) mass is 399 g/mol. The topological polar surface area (TPSA) is 58.4 Å². The Morgan fingerprint density at radius 2 is 1.68 bits per heavy atom. The van der Waals surface area contributed by atoms with E-state index in [2.05, 4.69) is 5.32 Å². The molecule has 0 radical (unpaired) electrons. The summed E-state index contributed by atoms with van der Waals surface area (Å²) in [4.78, 5) is 13.6. The molecule has 1 atom stereocenters. The van der Waals surface area contributed by atoms with Crippen molar-refractivity contribution in [1.29, 1.82) is 0 Å². The second-order valence-electron chi connectivity index (χ2n) is 5.87. The second-order valence-corrected chi connectivity index (χ2v) is 5.87. The maximum absolute atomic E-state index is 13.9. The Morgan fingerprint density at radius 3 is 2.20 bits per heavy atom. The molecule has 0 aliphatic rings. The van der Waals surface area contributed by atoms with Gasteiger partial charge in [-0.25, -0.2) is 8.78 Å². The summed E-state index contributed by atoms with van der Waals surface area (Å²) in [6, 6.07) is 3.25. The molecule has 0 aliphatic carbocycles. The van der Waals surface area contributed by atoms with Crippen LogP contribution < -0.4 is 11.1 Å². The molecule has 0 aromatic heterocycles. The molecular formula is C17H29Cl2F2N3O. The number of benzene rings is 1. The lowest BCUT2D eigenvalue weighted by atomic mass is 10.0. The molecule has 0 spiro atoms. The molecule has 1 rings (SSSR count). The number of carbonyl (C=O) groups is 1. The van der Waals surface area contributed by atoms with Crippen LogP contribution in [0.4, 0.5) is 8.78 Å². The molecular weight excluding hydrogens is 371 g/mol. The van der Waals surface area contributed by atoms with Gasteiger partial charge in [0.05, 0.1) is 6.04 Å². The lowest BCUT2D eigenvalue weighted by molar-refractivity contribution is -0.121. The van der Waals surface area contributed by atoms with Crippen molar-refractivity contribution in [3.05, 3.63) is 35.4 Å². The molecule has 0 fully saturated rings. The molecule has 146 valence electrons. The lowest BCUT2D eigenvalue weighted by Gasteiger charge is -2.25. The van der Waals surface area contributed by atoms with Crippen molar-refractivity contribution in [2.75, 3.05) is 27.2 Å². The highest BCUT2D eigenvalue weighted by molar-refractivity contribution is 5.85. The van der Waals surface area contributed by atoms with Crippen LogP contribution in [-0.2, 0) is 4.79 Å². The Labute approximate surface area is 161 Å². The van der Waals surface area contributed by atoms with Gasteiger partial charge in [-0.2, -0.15) is 0 Å². The summed E-state index contributed by atoms with van der Waals surface area (Å²) in [5.74, 6) is -1.29. The average molecular weight is 400 g/mol. The fourth-order valence-corrected chi connectivity index (χ4v) is 2.45. The van der Waals surface area contributed by atoms with Gasteiger partial charge in [0, 0.05) is 18.5 Å². The van der Waals surface area contributed by atoms with Crippen LogP contribution in [0, 0.1) is 11.6 Å². The van der Waals surface area contributed by atoms with Gasteiger partial charge in [-0.15, -0.1) is 24.8 Å². The number of nitrogens with zero attached hydrogens (tertiary/aromatic N) is 1. The second kappa shape index (κ2) is 14.2. The van der Waals surface area contributed by atoms with Crippen molar-refractivity contribution in [2.45, 2.75) is 38.1 Å². The normalized spacial score (nSPS) is 11.4. The van der Waals surface area contributed by atoms with E-state index in [0.717, 1.165) is 25.7 Å². The van der Waals surface area contributed by atoms with Gasteiger partial charge < -0.3 is 16.0 Å². The summed E-state index contributed by atoms with van der Waals surface area (Å²) in [7, 11) is 3.46. The van der Waals surface area contributed by atoms with E-state index < -0.39 is 17.7 Å². The third-order valence-corrected chi connectivity index (χ3v) is 3.81. The predicted octanol–water partition coefficient (Wildman–Crippen LogP) is 3.44. The molecule has 0 aliphatic heterocycles. The number of hydrogen-bond acceptors (Lipinski definition) is 3. The van der Waals surface area contributed by atoms with Crippen LogP contribution in [0.3, 0.4) is 0 Å². The van der Waals surface area contributed by atoms with Crippen LogP contribution in [0.25, 0.3) is 0 Å². The minimum Gasteiger partial charge on any atom is -0.354 e. The van der Waals surface area contributed by atoms with Crippen molar-refractivity contribution >= 4 is 30.7 Å². The fourth-order valence-electron chi connectivity index (χ4n) is 2.45. The molecule has 4 nitrogen and oxygen atoms in total. The van der Waals surface area contributed by atoms with Gasteiger partial charge in [0.15, 0.2) is 0 Å². The molecule has 8 heteroatoms. The van der Waals surface area contributed by atoms with Gasteiger partial charge >= 0.3 is 0 Å². The Balaban J connectivity index is 0. The van der Waals surface area contributed by atoms with E-state index in [4.69, 9.17) is 5.73 Å². The van der Waals surface area contributed by atoms with E-state index in [9.17, 15) is 13.6 Å². The first-order valence-corrected chi connectivity index (χ1v) is 8.04. The third kappa shape index (κ3) is 9.35. The predicted molar refractivity (Wildman–Crippen MR) is 102 cm³/mol. The Hall–Kier alpha value is -0.950. The highest BCUT2D eigenvalue weighted by Gasteiger charge is 2.22. The number of nitrogens with one attached hydrogen (secondary N) is 1. The Kier molecular flexibility index (Phi) is 15.0. The van der Waals surface area contributed by atoms with E-state index >= 15 is 0 Å². The molecule has 1 unspecified atom stereocenters. The first-order valence-electron chi connectivity index (χ1n) is 8.04. The van der Waals surface area contributed by atoms with E-state index in [1.165, 1.54) is 18.2 Å². The summed E-state index contributed by atoms with van der Waals surface area (Å²) >= 11 is 0. The van der Waals surface area contributed by atoms with E-state index in [1.54, 1.807) is 19.0 Å². The minimum atomic E-state index is -0.597. The number of nitrogens with two attached hydrogens (primary N) is 1. The molecule has 25 heavy (non-hydrogen) atoms. The van der Waals surface area contributed by atoms with E-state index in [0.29, 0.717) is 13.0 Å². The zero-order chi connectivity index (χ0) is 17.2. The number of rotatable bonds is 10. The first-order chi connectivity index (χ1) is 11.0. The quantitative estimate of drug-likeness (QED) is 0.592.